The molecule has 0 spiro atoms. The minimum Gasteiger partial charge on any atom is -0.377 e. The molecular formula is C27H42N2O2. The summed E-state index contributed by atoms with van der Waals surface area (Å²) in [7, 11) is 0. The van der Waals surface area contributed by atoms with Crippen molar-refractivity contribution in [3.63, 3.8) is 0 Å². The number of hydrogen-bond acceptors (Lipinski definition) is 3. The number of carbonyl (C=O) groups excluding carboxylic acids is 1. The third-order valence-electron chi connectivity index (χ3n) is 4.94. The Labute approximate surface area is 189 Å². The lowest BCUT2D eigenvalue weighted by Gasteiger charge is -2.34. The molecule has 0 bridgehead atoms. The van der Waals surface area contributed by atoms with Gasteiger partial charge in [0, 0.05) is 19.5 Å². The van der Waals surface area contributed by atoms with E-state index in [1.807, 2.05) is 4.90 Å². The number of morpholine rings is 1. The molecule has 1 aliphatic heterocycles. The number of rotatable bonds is 15. The van der Waals surface area contributed by atoms with Gasteiger partial charge < -0.3 is 15.4 Å². The number of nitrogens with two attached hydrogens (primary N) is 1. The van der Waals surface area contributed by atoms with Gasteiger partial charge in [-0.2, -0.15) is 0 Å². The average Bonchev–Trinajstić information content (AvgIpc) is 2.80. The fraction of sp³-hybridized carbons (Fsp3) is 0.519. The number of nitrogens with zero attached hydrogens (tertiary/aromatic N) is 1. The van der Waals surface area contributed by atoms with Gasteiger partial charge in [-0.05, 0) is 44.9 Å². The first kappa shape index (κ1) is 26.9. The predicted molar refractivity (Wildman–Crippen MR) is 133 cm³/mol. The van der Waals surface area contributed by atoms with Crippen molar-refractivity contribution in [2.24, 2.45) is 5.73 Å². The molecule has 1 aliphatic rings. The van der Waals surface area contributed by atoms with E-state index in [4.69, 9.17) is 10.5 Å². The molecule has 31 heavy (non-hydrogen) atoms. The summed E-state index contributed by atoms with van der Waals surface area (Å²) in [5.41, 5.74) is 5.73. The Morgan fingerprint density at radius 2 is 1.32 bits per heavy atom. The highest BCUT2D eigenvalue weighted by atomic mass is 16.5. The van der Waals surface area contributed by atoms with E-state index in [2.05, 4.69) is 79.8 Å². The van der Waals surface area contributed by atoms with Crippen molar-refractivity contribution in [2.75, 3.05) is 26.3 Å². The molecule has 0 aliphatic carbocycles. The molecule has 2 N–H and O–H groups in total. The van der Waals surface area contributed by atoms with E-state index < -0.39 is 0 Å². The van der Waals surface area contributed by atoms with Gasteiger partial charge in [0.2, 0.25) is 5.91 Å². The first-order valence-corrected chi connectivity index (χ1v) is 11.8. The largest absolute Gasteiger partial charge is 0.377 e. The molecule has 0 aromatic rings. The lowest BCUT2D eigenvalue weighted by Crippen LogP contribution is -2.51. The van der Waals surface area contributed by atoms with Crippen molar-refractivity contribution < 1.29 is 9.53 Å². The van der Waals surface area contributed by atoms with Gasteiger partial charge in [-0.25, -0.2) is 0 Å². The summed E-state index contributed by atoms with van der Waals surface area (Å²) in [5.74, 6) is 0.179. The number of allylic oxidation sites excluding steroid dienone is 12. The molecule has 172 valence electrons. The highest BCUT2D eigenvalue weighted by Crippen LogP contribution is 2.09. The lowest BCUT2D eigenvalue weighted by atomic mass is 10.2. The Balaban J connectivity index is 2.02. The van der Waals surface area contributed by atoms with Crippen molar-refractivity contribution in [2.45, 2.75) is 64.3 Å². The standard InChI is InChI=1S/C27H42N2O2/c1-2-3-4-5-6-7-8-9-10-11-12-13-14-15-16-17-18-19-20-21-27(30)29-22-23-31-25-26(29)24-28/h3-4,6-7,9-10,12-13,15-16,18-19,26H,2,5,8,11,14,17,20-25,28H2,1H3. The molecule has 4 heteroatoms. The van der Waals surface area contributed by atoms with E-state index in [0.717, 1.165) is 44.9 Å². The van der Waals surface area contributed by atoms with Crippen LogP contribution in [0.25, 0.3) is 0 Å². The van der Waals surface area contributed by atoms with E-state index in [1.54, 1.807) is 0 Å². The third-order valence-corrected chi connectivity index (χ3v) is 4.94. The second-order valence-electron chi connectivity index (χ2n) is 7.51. The highest BCUT2D eigenvalue weighted by Gasteiger charge is 2.25. The van der Waals surface area contributed by atoms with E-state index in [-0.39, 0.29) is 11.9 Å². The Kier molecular flexibility index (Phi) is 17.1. The van der Waals surface area contributed by atoms with Crippen molar-refractivity contribution in [3.8, 4) is 0 Å². The van der Waals surface area contributed by atoms with Crippen LogP contribution < -0.4 is 5.73 Å². The average molecular weight is 427 g/mol. The molecule has 0 radical (unpaired) electrons. The fourth-order valence-corrected chi connectivity index (χ4v) is 3.17. The van der Waals surface area contributed by atoms with E-state index in [0.29, 0.717) is 32.7 Å². The van der Waals surface area contributed by atoms with Crippen molar-refractivity contribution >= 4 is 5.91 Å². The summed E-state index contributed by atoms with van der Waals surface area (Å²) in [5, 5.41) is 0. The Morgan fingerprint density at radius 3 is 1.81 bits per heavy atom. The Bertz CT molecular complexity index is 629. The molecule has 1 saturated heterocycles. The van der Waals surface area contributed by atoms with Crippen LogP contribution in [0.2, 0.25) is 0 Å². The van der Waals surface area contributed by atoms with Gasteiger partial charge in [0.05, 0.1) is 19.3 Å². The molecule has 1 atom stereocenters. The second kappa shape index (κ2) is 19.8. The quantitative estimate of drug-likeness (QED) is 0.344. The minimum atomic E-state index is 0.0338. The third kappa shape index (κ3) is 14.5. The van der Waals surface area contributed by atoms with Gasteiger partial charge >= 0.3 is 0 Å². The smallest absolute Gasteiger partial charge is 0.223 e. The zero-order chi connectivity index (χ0) is 22.4. The number of carbonyl (C=O) groups is 1. The SMILES string of the molecule is CCC=CCC=CCC=CCC=CCC=CCC=CCCC(=O)N1CCOCC1CN. The van der Waals surface area contributed by atoms with Gasteiger partial charge in [-0.3, -0.25) is 4.79 Å². The molecule has 4 nitrogen and oxygen atoms in total. The van der Waals surface area contributed by atoms with Gasteiger partial charge in [0.15, 0.2) is 0 Å². The van der Waals surface area contributed by atoms with Crippen LogP contribution >= 0.6 is 0 Å². The molecule has 1 fully saturated rings. The van der Waals surface area contributed by atoms with Crippen LogP contribution in [0.4, 0.5) is 0 Å². The van der Waals surface area contributed by atoms with Gasteiger partial charge in [0.1, 0.15) is 0 Å². The first-order valence-electron chi connectivity index (χ1n) is 11.8. The Morgan fingerprint density at radius 1 is 0.839 bits per heavy atom. The van der Waals surface area contributed by atoms with Crippen molar-refractivity contribution in [1.29, 1.82) is 0 Å². The monoisotopic (exact) mass is 426 g/mol. The van der Waals surface area contributed by atoms with Gasteiger partial charge in [-0.1, -0.05) is 79.8 Å². The summed E-state index contributed by atoms with van der Waals surface area (Å²) in [4.78, 5) is 14.2. The summed E-state index contributed by atoms with van der Waals surface area (Å²) in [6, 6.07) is 0.0338. The predicted octanol–water partition coefficient (Wildman–Crippen LogP) is 5.65. The van der Waals surface area contributed by atoms with Crippen LogP contribution in [-0.2, 0) is 9.53 Å². The molecular weight excluding hydrogens is 384 g/mol. The maximum Gasteiger partial charge on any atom is 0.223 e. The molecule has 1 heterocycles. The van der Waals surface area contributed by atoms with Gasteiger partial charge in [-0.15, -0.1) is 0 Å². The highest BCUT2D eigenvalue weighted by molar-refractivity contribution is 5.76. The van der Waals surface area contributed by atoms with Crippen molar-refractivity contribution in [1.82, 2.24) is 4.90 Å². The molecule has 1 unspecified atom stereocenters. The minimum absolute atomic E-state index is 0.0338. The van der Waals surface area contributed by atoms with E-state index in [9.17, 15) is 4.79 Å². The van der Waals surface area contributed by atoms with Crippen LogP contribution in [-0.4, -0.2) is 43.2 Å². The maximum atomic E-state index is 12.3. The summed E-state index contributed by atoms with van der Waals surface area (Å²) >= 11 is 0. The van der Waals surface area contributed by atoms with E-state index >= 15 is 0 Å². The van der Waals surface area contributed by atoms with Crippen LogP contribution in [0.5, 0.6) is 0 Å². The topological polar surface area (TPSA) is 55.6 Å². The van der Waals surface area contributed by atoms with Crippen LogP contribution in [0, 0.1) is 0 Å². The van der Waals surface area contributed by atoms with Gasteiger partial charge in [0.25, 0.3) is 0 Å². The summed E-state index contributed by atoms with van der Waals surface area (Å²) in [6.45, 7) is 4.45. The van der Waals surface area contributed by atoms with E-state index in [1.165, 1.54) is 0 Å². The fourth-order valence-electron chi connectivity index (χ4n) is 3.17. The Hall–Kier alpha value is -2.17. The van der Waals surface area contributed by atoms with Crippen LogP contribution in [0.1, 0.15) is 58.3 Å². The van der Waals surface area contributed by atoms with Crippen LogP contribution in [0.3, 0.4) is 0 Å². The first-order chi connectivity index (χ1) is 15.3. The zero-order valence-electron chi connectivity index (χ0n) is 19.3. The number of amides is 1. The normalized spacial score (nSPS) is 18.3. The summed E-state index contributed by atoms with van der Waals surface area (Å²) in [6.07, 6.45) is 33.5. The molecule has 0 aromatic carbocycles. The molecule has 0 aromatic heterocycles. The molecule has 1 amide bonds. The lowest BCUT2D eigenvalue weighted by molar-refractivity contribution is -0.139. The van der Waals surface area contributed by atoms with Crippen LogP contribution in [0.15, 0.2) is 72.9 Å². The summed E-state index contributed by atoms with van der Waals surface area (Å²) < 4.78 is 5.39. The molecule has 1 rings (SSSR count). The number of ether oxygens (including phenoxy) is 1. The zero-order valence-corrected chi connectivity index (χ0v) is 19.3. The maximum absolute atomic E-state index is 12.3. The van der Waals surface area contributed by atoms with Crippen molar-refractivity contribution in [3.05, 3.63) is 72.9 Å². The second-order valence-corrected chi connectivity index (χ2v) is 7.51. The number of hydrogen-bond donors (Lipinski definition) is 1. The molecule has 0 saturated carbocycles.